The minimum atomic E-state index is -4.01. The fourth-order valence-corrected chi connectivity index (χ4v) is 3.28. The molecule has 6 nitrogen and oxygen atoms in total. The maximum Gasteiger partial charge on any atom is 0.273 e. The maximum absolute atomic E-state index is 12.2. The molecule has 1 aliphatic carbocycles. The highest BCUT2D eigenvalue weighted by atomic mass is 35.7. The molecule has 1 fully saturated rings. The van der Waals surface area contributed by atoms with E-state index in [0.717, 1.165) is 12.8 Å². The summed E-state index contributed by atoms with van der Waals surface area (Å²) in [6.07, 6.45) is 1.76. The number of nitrogens with zero attached hydrogens (tertiary/aromatic N) is 1. The molecule has 1 aliphatic rings. The molecule has 0 saturated heterocycles. The Balaban J connectivity index is 2.21. The van der Waals surface area contributed by atoms with Gasteiger partial charge >= 0.3 is 0 Å². The number of halogens is 1. The van der Waals surface area contributed by atoms with E-state index in [0.29, 0.717) is 18.2 Å². The monoisotopic (exact) mass is 333 g/mol. The Morgan fingerprint density at radius 2 is 2.05 bits per heavy atom. The lowest BCUT2D eigenvalue weighted by Gasteiger charge is -2.15. The van der Waals surface area contributed by atoms with Crippen molar-refractivity contribution in [2.75, 3.05) is 6.54 Å². The van der Waals surface area contributed by atoms with Gasteiger partial charge < -0.3 is 5.32 Å². The molecular formula is C13H20ClN3O3S. The van der Waals surface area contributed by atoms with Crippen LogP contribution in [0.4, 0.5) is 0 Å². The highest BCUT2D eigenvalue weighted by Crippen LogP contribution is 2.43. The predicted molar refractivity (Wildman–Crippen MR) is 79.9 cm³/mol. The van der Waals surface area contributed by atoms with E-state index in [1.54, 1.807) is 0 Å². The first kappa shape index (κ1) is 16.3. The van der Waals surface area contributed by atoms with Gasteiger partial charge in [0.05, 0.1) is 5.69 Å². The van der Waals surface area contributed by atoms with E-state index in [2.05, 4.69) is 29.4 Å². The topological polar surface area (TPSA) is 91.9 Å². The summed E-state index contributed by atoms with van der Waals surface area (Å²) >= 11 is 0. The zero-order valence-corrected chi connectivity index (χ0v) is 13.9. The van der Waals surface area contributed by atoms with E-state index in [-0.39, 0.29) is 22.4 Å². The third-order valence-corrected chi connectivity index (χ3v) is 5.28. The highest BCUT2D eigenvalue weighted by Gasteiger charge is 2.36. The van der Waals surface area contributed by atoms with Gasteiger partial charge in [-0.25, -0.2) is 8.42 Å². The van der Waals surface area contributed by atoms with Gasteiger partial charge in [0.1, 0.15) is 4.90 Å². The smallest absolute Gasteiger partial charge is 0.273 e. The van der Waals surface area contributed by atoms with Crippen LogP contribution in [-0.4, -0.2) is 31.1 Å². The lowest BCUT2D eigenvalue weighted by Crippen LogP contribution is -2.31. The van der Waals surface area contributed by atoms with Crippen LogP contribution in [0.2, 0.25) is 0 Å². The Kier molecular flexibility index (Phi) is 4.63. The molecule has 21 heavy (non-hydrogen) atoms. The second kappa shape index (κ2) is 5.96. The normalized spacial score (nSPS) is 17.0. The van der Waals surface area contributed by atoms with E-state index >= 15 is 0 Å². The number of aromatic nitrogens is 2. The van der Waals surface area contributed by atoms with Gasteiger partial charge in [0.15, 0.2) is 5.69 Å². The highest BCUT2D eigenvalue weighted by molar-refractivity contribution is 8.13. The fraction of sp³-hybridized carbons (Fsp3) is 0.692. The number of carbonyl (C=O) groups is 1. The van der Waals surface area contributed by atoms with Crippen LogP contribution in [0.1, 0.15) is 55.7 Å². The minimum absolute atomic E-state index is 0.108. The summed E-state index contributed by atoms with van der Waals surface area (Å²) in [4.78, 5) is 12.0. The molecule has 1 atom stereocenters. The minimum Gasteiger partial charge on any atom is -0.350 e. The summed E-state index contributed by atoms with van der Waals surface area (Å²) in [6.45, 7) is 6.60. The molecule has 8 heteroatoms. The third-order valence-electron chi connectivity index (χ3n) is 3.92. The van der Waals surface area contributed by atoms with Crippen LogP contribution >= 0.6 is 10.7 Å². The summed E-state index contributed by atoms with van der Waals surface area (Å²) in [5, 5.41) is 9.25. The van der Waals surface area contributed by atoms with Crippen molar-refractivity contribution >= 4 is 25.6 Å². The van der Waals surface area contributed by atoms with E-state index in [9.17, 15) is 13.2 Å². The van der Waals surface area contributed by atoms with Gasteiger partial charge in [-0.15, -0.1) is 0 Å². The number of nitrogens with one attached hydrogen (secondary N) is 2. The molecule has 0 radical (unpaired) electrons. The van der Waals surface area contributed by atoms with E-state index in [4.69, 9.17) is 10.7 Å². The molecule has 1 aromatic rings. The largest absolute Gasteiger partial charge is 0.350 e. The predicted octanol–water partition coefficient (Wildman–Crippen LogP) is 2.24. The lowest BCUT2D eigenvalue weighted by atomic mass is 9.98. The number of amides is 1. The zero-order chi connectivity index (χ0) is 15.8. The summed E-state index contributed by atoms with van der Waals surface area (Å²) in [7, 11) is 1.46. The SMILES string of the molecule is CC(C)C(C)CNC(=O)c1n[nH]c(C2CC2)c1S(=O)(=O)Cl. The number of aromatic amines is 1. The van der Waals surface area contributed by atoms with E-state index < -0.39 is 15.0 Å². The van der Waals surface area contributed by atoms with Crippen LogP contribution in [0.5, 0.6) is 0 Å². The average Bonchev–Trinajstić information content (AvgIpc) is 3.12. The first-order valence-corrected chi connectivity index (χ1v) is 9.33. The second-order valence-electron chi connectivity index (χ2n) is 5.96. The molecule has 0 spiro atoms. The van der Waals surface area contributed by atoms with E-state index in [1.165, 1.54) is 0 Å². The standard InChI is InChI=1S/C13H20ClN3O3S/c1-7(2)8(3)6-15-13(18)11-12(21(14,19)20)10(16-17-11)9-4-5-9/h7-9H,4-6H2,1-3H3,(H,15,18)(H,16,17). The van der Waals surface area contributed by atoms with Crippen LogP contribution in [0.25, 0.3) is 0 Å². The Bertz CT molecular complexity index is 635. The summed E-state index contributed by atoms with van der Waals surface area (Å²) in [6, 6.07) is 0. The van der Waals surface area contributed by atoms with E-state index in [1.807, 2.05) is 6.92 Å². The lowest BCUT2D eigenvalue weighted by molar-refractivity contribution is 0.0936. The molecule has 1 amide bonds. The van der Waals surface area contributed by atoms with Gasteiger partial charge in [-0.05, 0) is 24.7 Å². The summed E-state index contributed by atoms with van der Waals surface area (Å²) < 4.78 is 23.5. The molecular weight excluding hydrogens is 314 g/mol. The van der Waals surface area contributed by atoms with Crippen LogP contribution in [0, 0.1) is 11.8 Å². The van der Waals surface area contributed by atoms with Crippen molar-refractivity contribution in [1.29, 1.82) is 0 Å². The number of H-pyrrole nitrogens is 1. The van der Waals surface area contributed by atoms with Gasteiger partial charge in [0, 0.05) is 23.1 Å². The molecule has 118 valence electrons. The van der Waals surface area contributed by atoms with Crippen LogP contribution in [0.15, 0.2) is 4.90 Å². The number of hydrogen-bond donors (Lipinski definition) is 2. The Morgan fingerprint density at radius 1 is 1.43 bits per heavy atom. The van der Waals surface area contributed by atoms with Crippen LogP contribution in [-0.2, 0) is 9.05 Å². The Morgan fingerprint density at radius 3 is 2.52 bits per heavy atom. The third kappa shape index (κ3) is 3.77. The maximum atomic E-state index is 12.2. The molecule has 1 saturated carbocycles. The summed E-state index contributed by atoms with van der Waals surface area (Å²) in [5.41, 5.74) is 0.315. The van der Waals surface area contributed by atoms with Gasteiger partial charge in [0.2, 0.25) is 0 Å². The van der Waals surface area contributed by atoms with Crippen molar-refractivity contribution in [3.05, 3.63) is 11.4 Å². The molecule has 1 aromatic heterocycles. The van der Waals surface area contributed by atoms with Crippen molar-refractivity contribution in [3.63, 3.8) is 0 Å². The van der Waals surface area contributed by atoms with Crippen molar-refractivity contribution in [3.8, 4) is 0 Å². The molecule has 1 heterocycles. The number of rotatable bonds is 6. The van der Waals surface area contributed by atoms with Crippen LogP contribution in [0.3, 0.4) is 0 Å². The zero-order valence-electron chi connectivity index (χ0n) is 12.3. The second-order valence-corrected chi connectivity index (χ2v) is 8.46. The fourth-order valence-electron chi connectivity index (χ4n) is 1.97. The first-order valence-electron chi connectivity index (χ1n) is 7.03. The van der Waals surface area contributed by atoms with Crippen LogP contribution < -0.4 is 5.32 Å². The quantitative estimate of drug-likeness (QED) is 0.781. The Hall–Kier alpha value is -1.08. The average molecular weight is 334 g/mol. The summed E-state index contributed by atoms with van der Waals surface area (Å²) in [5.74, 6) is 0.302. The number of carbonyl (C=O) groups excluding carboxylic acids is 1. The van der Waals surface area contributed by atoms with Crippen molar-refractivity contribution in [2.45, 2.75) is 44.4 Å². The molecule has 2 N–H and O–H groups in total. The van der Waals surface area contributed by atoms with Crippen molar-refractivity contribution < 1.29 is 13.2 Å². The Labute approximate surface area is 129 Å². The van der Waals surface area contributed by atoms with Gasteiger partial charge in [0.25, 0.3) is 15.0 Å². The first-order chi connectivity index (χ1) is 9.71. The van der Waals surface area contributed by atoms with Crippen molar-refractivity contribution in [1.82, 2.24) is 15.5 Å². The molecule has 1 unspecified atom stereocenters. The molecule has 0 bridgehead atoms. The van der Waals surface area contributed by atoms with Gasteiger partial charge in [-0.3, -0.25) is 9.89 Å². The van der Waals surface area contributed by atoms with Crippen molar-refractivity contribution in [2.24, 2.45) is 11.8 Å². The number of hydrogen-bond acceptors (Lipinski definition) is 4. The molecule has 0 aromatic carbocycles. The molecule has 2 rings (SSSR count). The van der Waals surface area contributed by atoms with Gasteiger partial charge in [-0.2, -0.15) is 5.10 Å². The molecule has 0 aliphatic heterocycles. The van der Waals surface area contributed by atoms with Gasteiger partial charge in [-0.1, -0.05) is 20.8 Å².